The van der Waals surface area contributed by atoms with Gasteiger partial charge in [-0.05, 0) is 31.2 Å². The van der Waals surface area contributed by atoms with Crippen LogP contribution in [0.15, 0.2) is 48.9 Å². The Morgan fingerprint density at radius 1 is 1.36 bits per heavy atom. The lowest BCUT2D eigenvalue weighted by atomic mass is 10.1. The molecule has 6 nitrogen and oxygen atoms in total. The zero-order valence-corrected chi connectivity index (χ0v) is 12.1. The Balaban J connectivity index is 1.68. The molecule has 2 heterocycles. The van der Waals surface area contributed by atoms with Gasteiger partial charge in [0, 0.05) is 24.0 Å². The molecule has 2 N–H and O–H groups in total. The largest absolute Gasteiger partial charge is 0.480 e. The van der Waals surface area contributed by atoms with E-state index in [4.69, 9.17) is 4.74 Å². The lowest BCUT2D eigenvalue weighted by molar-refractivity contribution is -0.123. The first-order chi connectivity index (χ1) is 10.7. The molecule has 0 bridgehead atoms. The maximum atomic E-state index is 12.2. The Morgan fingerprint density at radius 3 is 3.05 bits per heavy atom. The van der Waals surface area contributed by atoms with E-state index in [0.717, 1.165) is 11.3 Å². The van der Waals surface area contributed by atoms with Gasteiger partial charge in [-0.15, -0.1) is 0 Å². The molecule has 0 aliphatic carbocycles. The van der Waals surface area contributed by atoms with Gasteiger partial charge in [-0.1, -0.05) is 12.1 Å². The van der Waals surface area contributed by atoms with E-state index in [0.29, 0.717) is 18.1 Å². The standard InChI is InChI=1S/C16H16N4O2/c1-11(16(21)20-15-7-8-17-10-19-15)22-14-6-9-18-13-5-3-2-4-12(13)14/h2-8,10-11,18H,9H2,1H3,(H,17,19,20,21). The lowest BCUT2D eigenvalue weighted by Gasteiger charge is -2.22. The van der Waals surface area contributed by atoms with Crippen LogP contribution in [0.4, 0.5) is 11.5 Å². The number of hydrogen-bond acceptors (Lipinski definition) is 5. The maximum absolute atomic E-state index is 12.2. The summed E-state index contributed by atoms with van der Waals surface area (Å²) in [7, 11) is 0. The number of ether oxygens (including phenoxy) is 1. The number of benzene rings is 1. The number of nitrogens with one attached hydrogen (secondary N) is 2. The predicted octanol–water partition coefficient (Wildman–Crippen LogP) is 2.29. The molecule has 1 aromatic carbocycles. The van der Waals surface area contributed by atoms with Gasteiger partial charge in [-0.2, -0.15) is 0 Å². The molecule has 0 radical (unpaired) electrons. The van der Waals surface area contributed by atoms with Crippen molar-refractivity contribution < 1.29 is 9.53 Å². The number of rotatable bonds is 4. The molecule has 6 heteroatoms. The number of para-hydroxylation sites is 1. The minimum atomic E-state index is -0.632. The molecular weight excluding hydrogens is 280 g/mol. The third kappa shape index (κ3) is 3.06. The van der Waals surface area contributed by atoms with Gasteiger partial charge in [0.15, 0.2) is 6.10 Å². The van der Waals surface area contributed by atoms with Crippen molar-refractivity contribution in [2.24, 2.45) is 0 Å². The monoisotopic (exact) mass is 296 g/mol. The molecule has 0 spiro atoms. The SMILES string of the molecule is CC(OC1=CCNc2ccccc21)C(=O)Nc1ccncn1. The minimum absolute atomic E-state index is 0.254. The quantitative estimate of drug-likeness (QED) is 0.905. The Hall–Kier alpha value is -2.89. The van der Waals surface area contributed by atoms with Gasteiger partial charge in [0.25, 0.3) is 5.91 Å². The fourth-order valence-corrected chi connectivity index (χ4v) is 2.16. The molecular formula is C16H16N4O2. The highest BCUT2D eigenvalue weighted by Crippen LogP contribution is 2.28. The van der Waals surface area contributed by atoms with E-state index < -0.39 is 6.10 Å². The van der Waals surface area contributed by atoms with Crippen LogP contribution < -0.4 is 10.6 Å². The van der Waals surface area contributed by atoms with Crippen molar-refractivity contribution in [2.45, 2.75) is 13.0 Å². The number of hydrogen-bond donors (Lipinski definition) is 2. The zero-order chi connectivity index (χ0) is 15.4. The third-order valence-electron chi connectivity index (χ3n) is 3.28. The van der Waals surface area contributed by atoms with Gasteiger partial charge in [0.2, 0.25) is 0 Å². The molecule has 1 aliphatic rings. The molecule has 22 heavy (non-hydrogen) atoms. The highest BCUT2D eigenvalue weighted by Gasteiger charge is 2.20. The van der Waals surface area contributed by atoms with Crippen LogP contribution in [0.1, 0.15) is 12.5 Å². The van der Waals surface area contributed by atoms with Crippen molar-refractivity contribution in [2.75, 3.05) is 17.2 Å². The van der Waals surface area contributed by atoms with Crippen molar-refractivity contribution in [3.05, 3.63) is 54.5 Å². The minimum Gasteiger partial charge on any atom is -0.480 e. The molecule has 1 aromatic heterocycles. The van der Waals surface area contributed by atoms with E-state index in [2.05, 4.69) is 20.6 Å². The molecule has 3 rings (SSSR count). The Labute approximate surface area is 128 Å². The number of amides is 1. The van der Waals surface area contributed by atoms with Gasteiger partial charge in [-0.25, -0.2) is 9.97 Å². The average Bonchev–Trinajstić information content (AvgIpc) is 2.56. The normalized spacial score (nSPS) is 14.1. The molecule has 0 saturated carbocycles. The number of carbonyl (C=O) groups excluding carboxylic acids is 1. The Morgan fingerprint density at radius 2 is 2.23 bits per heavy atom. The molecule has 2 aromatic rings. The van der Waals surface area contributed by atoms with Crippen molar-refractivity contribution in [3.63, 3.8) is 0 Å². The molecule has 112 valence electrons. The summed E-state index contributed by atoms with van der Waals surface area (Å²) in [6.07, 6.45) is 4.25. The van der Waals surface area contributed by atoms with E-state index in [1.165, 1.54) is 6.33 Å². The average molecular weight is 296 g/mol. The molecule has 1 aliphatic heterocycles. The second-order valence-electron chi connectivity index (χ2n) is 4.84. The molecule has 1 amide bonds. The first kappa shape index (κ1) is 14.1. The van der Waals surface area contributed by atoms with Crippen LogP contribution in [0.25, 0.3) is 5.76 Å². The van der Waals surface area contributed by atoms with Crippen LogP contribution in [0.5, 0.6) is 0 Å². The van der Waals surface area contributed by atoms with Crippen LogP contribution in [0, 0.1) is 0 Å². The third-order valence-corrected chi connectivity index (χ3v) is 3.28. The summed E-state index contributed by atoms with van der Waals surface area (Å²) in [5.74, 6) is 0.908. The second-order valence-corrected chi connectivity index (χ2v) is 4.84. The lowest BCUT2D eigenvalue weighted by Crippen LogP contribution is -2.28. The number of aromatic nitrogens is 2. The number of anilines is 2. The van der Waals surface area contributed by atoms with Crippen LogP contribution in [-0.4, -0.2) is 28.5 Å². The van der Waals surface area contributed by atoms with Crippen molar-refractivity contribution in [1.29, 1.82) is 0 Å². The Kier molecular flexibility index (Phi) is 4.00. The number of fused-ring (bicyclic) bond motifs is 1. The first-order valence-electron chi connectivity index (χ1n) is 7.01. The van der Waals surface area contributed by atoms with Gasteiger partial charge >= 0.3 is 0 Å². The van der Waals surface area contributed by atoms with E-state index in [-0.39, 0.29) is 5.91 Å². The number of nitrogens with zero attached hydrogens (tertiary/aromatic N) is 2. The highest BCUT2D eigenvalue weighted by molar-refractivity contribution is 5.93. The molecule has 0 saturated heterocycles. The summed E-state index contributed by atoms with van der Waals surface area (Å²) < 4.78 is 5.82. The highest BCUT2D eigenvalue weighted by atomic mass is 16.5. The zero-order valence-electron chi connectivity index (χ0n) is 12.1. The molecule has 1 atom stereocenters. The summed E-state index contributed by atoms with van der Waals surface area (Å²) in [4.78, 5) is 19.9. The van der Waals surface area contributed by atoms with E-state index in [9.17, 15) is 4.79 Å². The second kappa shape index (κ2) is 6.26. The van der Waals surface area contributed by atoms with Gasteiger partial charge in [0.1, 0.15) is 17.9 Å². The summed E-state index contributed by atoms with van der Waals surface area (Å²) in [6.45, 7) is 2.38. The van der Waals surface area contributed by atoms with Crippen LogP contribution in [-0.2, 0) is 9.53 Å². The summed E-state index contributed by atoms with van der Waals surface area (Å²) in [6, 6.07) is 9.47. The topological polar surface area (TPSA) is 76.1 Å². The van der Waals surface area contributed by atoms with E-state index in [1.54, 1.807) is 19.2 Å². The van der Waals surface area contributed by atoms with Gasteiger partial charge in [-0.3, -0.25) is 4.79 Å². The maximum Gasteiger partial charge on any atom is 0.266 e. The molecule has 1 unspecified atom stereocenters. The summed E-state index contributed by atoms with van der Waals surface area (Å²) in [5.41, 5.74) is 1.96. The van der Waals surface area contributed by atoms with Crippen molar-refractivity contribution >= 4 is 23.2 Å². The molecule has 0 fully saturated rings. The van der Waals surface area contributed by atoms with Gasteiger partial charge < -0.3 is 15.4 Å². The summed E-state index contributed by atoms with van der Waals surface area (Å²) in [5, 5.41) is 5.96. The van der Waals surface area contributed by atoms with E-state index >= 15 is 0 Å². The fraction of sp³-hybridized carbons (Fsp3) is 0.188. The van der Waals surface area contributed by atoms with Crippen LogP contribution in [0.2, 0.25) is 0 Å². The summed E-state index contributed by atoms with van der Waals surface area (Å²) >= 11 is 0. The van der Waals surface area contributed by atoms with Crippen molar-refractivity contribution in [3.8, 4) is 0 Å². The number of carbonyl (C=O) groups is 1. The van der Waals surface area contributed by atoms with Gasteiger partial charge in [0.05, 0.1) is 0 Å². The van der Waals surface area contributed by atoms with Crippen molar-refractivity contribution in [1.82, 2.24) is 9.97 Å². The Bertz CT molecular complexity index is 700. The predicted molar refractivity (Wildman–Crippen MR) is 84.1 cm³/mol. The fourth-order valence-electron chi connectivity index (χ4n) is 2.16. The smallest absolute Gasteiger partial charge is 0.266 e. The first-order valence-corrected chi connectivity index (χ1v) is 7.01. The van der Waals surface area contributed by atoms with Crippen LogP contribution in [0.3, 0.4) is 0 Å². The van der Waals surface area contributed by atoms with Crippen LogP contribution >= 0.6 is 0 Å². The van der Waals surface area contributed by atoms with E-state index in [1.807, 2.05) is 30.3 Å².